The molecule has 1 N–H and O–H groups in total. The Balaban J connectivity index is 1.81. The Kier molecular flexibility index (Phi) is 5.46. The summed E-state index contributed by atoms with van der Waals surface area (Å²) < 4.78 is 82.0. The van der Waals surface area contributed by atoms with Gasteiger partial charge in [0.2, 0.25) is 0 Å². The van der Waals surface area contributed by atoms with Crippen LogP contribution < -0.4 is 10.9 Å². The zero-order chi connectivity index (χ0) is 23.4. The SMILES string of the molecule is C[C@@H](Nc1ncnc2c(Br)c(=O)n(C3(C(F)(F)F)CC3)cc12)c1cccc(C(F)F)c1F. The molecular formula is C20H15BrF6N4O. The van der Waals surface area contributed by atoms with Crippen LogP contribution in [0.1, 0.15) is 43.4 Å². The number of benzene rings is 1. The smallest absolute Gasteiger partial charge is 0.363 e. The van der Waals surface area contributed by atoms with Crippen molar-refractivity contribution in [2.45, 2.75) is 43.9 Å². The maximum atomic E-state index is 14.5. The number of alkyl halides is 5. The summed E-state index contributed by atoms with van der Waals surface area (Å²) in [6.07, 6.45) is -6.01. The van der Waals surface area contributed by atoms with Crippen molar-refractivity contribution in [1.29, 1.82) is 0 Å². The molecule has 0 amide bonds. The molecule has 1 saturated carbocycles. The molecule has 0 bridgehead atoms. The van der Waals surface area contributed by atoms with Crippen LogP contribution in [0.4, 0.5) is 32.2 Å². The number of aromatic nitrogens is 3. The fourth-order valence-corrected chi connectivity index (χ4v) is 4.16. The Morgan fingerprint density at radius 1 is 1.19 bits per heavy atom. The van der Waals surface area contributed by atoms with Crippen molar-refractivity contribution in [2.24, 2.45) is 0 Å². The van der Waals surface area contributed by atoms with Crippen molar-refractivity contribution in [1.82, 2.24) is 14.5 Å². The summed E-state index contributed by atoms with van der Waals surface area (Å²) in [7, 11) is 0. The summed E-state index contributed by atoms with van der Waals surface area (Å²) in [5.74, 6) is -1.07. The summed E-state index contributed by atoms with van der Waals surface area (Å²) in [6, 6.07) is 2.70. The van der Waals surface area contributed by atoms with E-state index in [-0.39, 0.29) is 39.6 Å². The minimum absolute atomic E-state index is 0.0248. The van der Waals surface area contributed by atoms with E-state index in [1.807, 2.05) is 0 Å². The maximum Gasteiger partial charge on any atom is 0.412 e. The van der Waals surface area contributed by atoms with E-state index in [4.69, 9.17) is 0 Å². The van der Waals surface area contributed by atoms with Gasteiger partial charge in [-0.1, -0.05) is 18.2 Å². The van der Waals surface area contributed by atoms with Gasteiger partial charge in [-0.2, -0.15) is 13.2 Å². The molecule has 2 heterocycles. The quantitative estimate of drug-likeness (QED) is 0.428. The Morgan fingerprint density at radius 2 is 1.84 bits per heavy atom. The van der Waals surface area contributed by atoms with Crippen molar-refractivity contribution in [3.63, 3.8) is 0 Å². The predicted molar refractivity (Wildman–Crippen MR) is 108 cm³/mol. The molecule has 12 heteroatoms. The van der Waals surface area contributed by atoms with Crippen molar-refractivity contribution in [3.05, 3.63) is 62.5 Å². The topological polar surface area (TPSA) is 59.8 Å². The molecule has 4 rings (SSSR count). The minimum atomic E-state index is -4.64. The molecule has 1 atom stereocenters. The molecule has 0 radical (unpaired) electrons. The van der Waals surface area contributed by atoms with Crippen molar-refractivity contribution < 1.29 is 26.3 Å². The molecule has 0 aliphatic heterocycles. The Bertz CT molecular complexity index is 1260. The predicted octanol–water partition coefficient (Wildman–Crippen LogP) is 5.86. The molecule has 1 aliphatic carbocycles. The largest absolute Gasteiger partial charge is 0.412 e. The van der Waals surface area contributed by atoms with Crippen molar-refractivity contribution in [3.8, 4) is 0 Å². The lowest BCUT2D eigenvalue weighted by atomic mass is 10.0. The maximum absolute atomic E-state index is 14.5. The van der Waals surface area contributed by atoms with Gasteiger partial charge in [0.1, 0.15) is 28.0 Å². The fraction of sp³-hybridized carbons (Fsp3) is 0.350. The first-order valence-electron chi connectivity index (χ1n) is 9.44. The van der Waals surface area contributed by atoms with E-state index in [1.165, 1.54) is 19.1 Å². The summed E-state index contributed by atoms with van der Waals surface area (Å²) >= 11 is 3.04. The monoisotopic (exact) mass is 520 g/mol. The zero-order valence-electron chi connectivity index (χ0n) is 16.4. The second-order valence-electron chi connectivity index (χ2n) is 7.55. The van der Waals surface area contributed by atoms with Crippen LogP contribution in [-0.2, 0) is 5.54 Å². The molecule has 1 aromatic carbocycles. The molecule has 170 valence electrons. The lowest BCUT2D eigenvalue weighted by molar-refractivity contribution is -0.180. The van der Waals surface area contributed by atoms with Gasteiger partial charge in [0.25, 0.3) is 12.0 Å². The molecule has 0 unspecified atom stereocenters. The first-order valence-corrected chi connectivity index (χ1v) is 10.2. The van der Waals surface area contributed by atoms with Crippen LogP contribution in [0, 0.1) is 5.82 Å². The highest BCUT2D eigenvalue weighted by molar-refractivity contribution is 9.10. The lowest BCUT2D eigenvalue weighted by Crippen LogP contribution is -2.41. The van der Waals surface area contributed by atoms with Crippen LogP contribution in [-0.4, -0.2) is 20.7 Å². The first-order chi connectivity index (χ1) is 15.0. The van der Waals surface area contributed by atoms with E-state index >= 15 is 0 Å². The molecular weight excluding hydrogens is 506 g/mol. The van der Waals surface area contributed by atoms with E-state index in [0.717, 1.165) is 18.6 Å². The Morgan fingerprint density at radius 3 is 2.44 bits per heavy atom. The van der Waals surface area contributed by atoms with Crippen LogP contribution in [0.25, 0.3) is 10.9 Å². The normalized spacial score (nSPS) is 16.4. The van der Waals surface area contributed by atoms with Crippen LogP contribution >= 0.6 is 15.9 Å². The van der Waals surface area contributed by atoms with Crippen molar-refractivity contribution >= 4 is 32.7 Å². The first kappa shape index (κ1) is 22.6. The average molecular weight is 521 g/mol. The minimum Gasteiger partial charge on any atom is -0.363 e. The molecule has 2 aromatic heterocycles. The third-order valence-electron chi connectivity index (χ3n) is 5.58. The van der Waals surface area contributed by atoms with Crippen LogP contribution in [0.5, 0.6) is 0 Å². The molecule has 32 heavy (non-hydrogen) atoms. The number of nitrogens with one attached hydrogen (secondary N) is 1. The Labute approximate surface area is 185 Å². The highest BCUT2D eigenvalue weighted by Gasteiger charge is 2.65. The number of halogens is 7. The van der Waals surface area contributed by atoms with E-state index in [2.05, 4.69) is 31.2 Å². The van der Waals surface area contributed by atoms with Gasteiger partial charge >= 0.3 is 6.18 Å². The summed E-state index contributed by atoms with van der Waals surface area (Å²) in [4.78, 5) is 20.6. The number of pyridine rings is 1. The number of hydrogen-bond acceptors (Lipinski definition) is 4. The highest BCUT2D eigenvalue weighted by Crippen LogP contribution is 2.55. The van der Waals surface area contributed by atoms with Gasteiger partial charge in [-0.3, -0.25) is 9.36 Å². The molecule has 1 fully saturated rings. The van der Waals surface area contributed by atoms with E-state index in [1.54, 1.807) is 0 Å². The van der Waals surface area contributed by atoms with Crippen molar-refractivity contribution in [2.75, 3.05) is 5.32 Å². The molecule has 5 nitrogen and oxygen atoms in total. The number of hydrogen-bond donors (Lipinski definition) is 1. The summed E-state index contributed by atoms with van der Waals surface area (Å²) in [6.45, 7) is 1.49. The number of nitrogens with zero attached hydrogens (tertiary/aromatic N) is 3. The molecule has 0 spiro atoms. The van der Waals surface area contributed by atoms with Gasteiger partial charge in [0.05, 0.1) is 22.5 Å². The van der Waals surface area contributed by atoms with Gasteiger partial charge in [-0.05, 0) is 35.7 Å². The molecule has 1 aliphatic rings. The third kappa shape index (κ3) is 3.54. The third-order valence-corrected chi connectivity index (χ3v) is 6.30. The van der Waals surface area contributed by atoms with Crippen LogP contribution in [0.2, 0.25) is 0 Å². The fourth-order valence-electron chi connectivity index (χ4n) is 3.65. The molecule has 0 saturated heterocycles. The van der Waals surface area contributed by atoms with Crippen LogP contribution in [0.15, 0.2) is 40.0 Å². The second-order valence-corrected chi connectivity index (χ2v) is 8.34. The van der Waals surface area contributed by atoms with E-state index < -0.39 is 41.1 Å². The van der Waals surface area contributed by atoms with Gasteiger partial charge in [0, 0.05) is 11.8 Å². The van der Waals surface area contributed by atoms with Gasteiger partial charge in [0.15, 0.2) is 0 Å². The Hall–Kier alpha value is -2.63. The van der Waals surface area contributed by atoms with Crippen LogP contribution in [0.3, 0.4) is 0 Å². The average Bonchev–Trinajstić information content (AvgIpc) is 3.53. The second kappa shape index (κ2) is 7.75. The standard InChI is InChI=1S/C20H15BrF6N4O/c1-9(10-3-2-4-11(14(10)22)16(23)24)30-17-12-7-31(19(5-6-19)20(25,26)27)18(32)13(21)15(12)28-8-29-17/h2-4,7-9,16H,5-6H2,1H3,(H,28,29,30)/t9-/m1/s1. The van der Waals surface area contributed by atoms with Gasteiger partial charge < -0.3 is 5.32 Å². The van der Waals surface area contributed by atoms with E-state index in [9.17, 15) is 31.1 Å². The zero-order valence-corrected chi connectivity index (χ0v) is 17.9. The number of rotatable bonds is 5. The van der Waals surface area contributed by atoms with Gasteiger partial charge in [-0.25, -0.2) is 23.1 Å². The summed E-state index contributed by atoms with van der Waals surface area (Å²) in [5, 5.41) is 2.93. The summed E-state index contributed by atoms with van der Waals surface area (Å²) in [5.41, 5.74) is -3.97. The lowest BCUT2D eigenvalue weighted by Gasteiger charge is -2.23. The number of fused-ring (bicyclic) bond motifs is 1. The highest BCUT2D eigenvalue weighted by atomic mass is 79.9. The van der Waals surface area contributed by atoms with Gasteiger partial charge in [-0.15, -0.1) is 0 Å². The molecule has 3 aromatic rings. The van der Waals surface area contributed by atoms with E-state index in [0.29, 0.717) is 4.57 Å². The number of anilines is 1.